The van der Waals surface area contributed by atoms with E-state index in [0.717, 1.165) is 17.9 Å². The molecule has 1 aromatic carbocycles. The van der Waals surface area contributed by atoms with Gasteiger partial charge in [-0.1, -0.05) is 18.2 Å². The SMILES string of the molecule is CC(O)CNCC1=Cc2ccccc2OC1.Cl. The van der Waals surface area contributed by atoms with Crippen molar-refractivity contribution in [2.24, 2.45) is 0 Å². The second kappa shape index (κ2) is 6.64. The molecule has 0 radical (unpaired) electrons. The van der Waals surface area contributed by atoms with Gasteiger partial charge in [0.2, 0.25) is 0 Å². The lowest BCUT2D eigenvalue weighted by Crippen LogP contribution is -2.28. The summed E-state index contributed by atoms with van der Waals surface area (Å²) in [5.74, 6) is 0.946. The van der Waals surface area contributed by atoms with E-state index in [1.54, 1.807) is 6.92 Å². The van der Waals surface area contributed by atoms with Crippen molar-refractivity contribution < 1.29 is 9.84 Å². The number of nitrogens with one attached hydrogen (secondary N) is 1. The molecule has 17 heavy (non-hydrogen) atoms. The van der Waals surface area contributed by atoms with Crippen molar-refractivity contribution in [3.05, 3.63) is 35.4 Å². The number of hydrogen-bond acceptors (Lipinski definition) is 3. The number of halogens is 1. The van der Waals surface area contributed by atoms with Crippen molar-refractivity contribution in [2.45, 2.75) is 13.0 Å². The lowest BCUT2D eigenvalue weighted by molar-refractivity contribution is 0.192. The fraction of sp³-hybridized carbons (Fsp3) is 0.385. The van der Waals surface area contributed by atoms with Gasteiger partial charge >= 0.3 is 0 Å². The van der Waals surface area contributed by atoms with Gasteiger partial charge in [-0.3, -0.25) is 0 Å². The van der Waals surface area contributed by atoms with Crippen LogP contribution in [0.3, 0.4) is 0 Å². The standard InChI is InChI=1S/C13H17NO2.ClH/c1-10(15)7-14-8-11-6-12-4-2-3-5-13(12)16-9-11;/h2-6,10,14-15H,7-9H2,1H3;1H. The molecular formula is C13H18ClNO2. The van der Waals surface area contributed by atoms with Gasteiger partial charge in [0.15, 0.2) is 0 Å². The highest BCUT2D eigenvalue weighted by Crippen LogP contribution is 2.25. The predicted molar refractivity (Wildman–Crippen MR) is 71.7 cm³/mol. The maximum absolute atomic E-state index is 9.13. The zero-order valence-corrected chi connectivity index (χ0v) is 10.7. The van der Waals surface area contributed by atoms with E-state index >= 15 is 0 Å². The Kier molecular flexibility index (Phi) is 5.48. The van der Waals surface area contributed by atoms with E-state index in [1.807, 2.05) is 24.3 Å². The van der Waals surface area contributed by atoms with Crippen LogP contribution in [0.2, 0.25) is 0 Å². The molecule has 1 aliphatic heterocycles. The minimum atomic E-state index is -0.308. The summed E-state index contributed by atoms with van der Waals surface area (Å²) >= 11 is 0. The van der Waals surface area contributed by atoms with E-state index in [1.165, 1.54) is 5.57 Å². The van der Waals surface area contributed by atoms with Crippen LogP contribution in [0.1, 0.15) is 12.5 Å². The number of rotatable bonds is 4. The van der Waals surface area contributed by atoms with E-state index in [0.29, 0.717) is 13.2 Å². The summed E-state index contributed by atoms with van der Waals surface area (Å²) in [6.07, 6.45) is 1.84. The monoisotopic (exact) mass is 255 g/mol. The van der Waals surface area contributed by atoms with Crippen LogP contribution in [0, 0.1) is 0 Å². The van der Waals surface area contributed by atoms with Crippen molar-refractivity contribution in [1.29, 1.82) is 0 Å². The predicted octanol–water partition coefficient (Wildman–Crippen LogP) is 1.85. The average molecular weight is 256 g/mol. The van der Waals surface area contributed by atoms with Crippen molar-refractivity contribution in [3.63, 3.8) is 0 Å². The van der Waals surface area contributed by atoms with Crippen LogP contribution in [-0.2, 0) is 0 Å². The maximum Gasteiger partial charge on any atom is 0.127 e. The molecule has 1 atom stereocenters. The molecule has 0 saturated heterocycles. The molecule has 1 unspecified atom stereocenters. The molecule has 3 nitrogen and oxygen atoms in total. The summed E-state index contributed by atoms with van der Waals surface area (Å²) in [7, 11) is 0. The molecule has 1 aliphatic rings. The molecule has 1 heterocycles. The van der Waals surface area contributed by atoms with E-state index in [-0.39, 0.29) is 18.5 Å². The number of fused-ring (bicyclic) bond motifs is 1. The van der Waals surface area contributed by atoms with Gasteiger partial charge in [-0.2, -0.15) is 0 Å². The summed E-state index contributed by atoms with van der Waals surface area (Å²) < 4.78 is 5.62. The highest BCUT2D eigenvalue weighted by atomic mass is 35.5. The van der Waals surface area contributed by atoms with Crippen LogP contribution in [0.4, 0.5) is 0 Å². The fourth-order valence-electron chi connectivity index (χ4n) is 1.71. The third kappa shape index (κ3) is 4.04. The summed E-state index contributed by atoms with van der Waals surface area (Å²) in [5.41, 5.74) is 2.34. The summed E-state index contributed by atoms with van der Waals surface area (Å²) in [6, 6.07) is 8.00. The first-order valence-electron chi connectivity index (χ1n) is 5.56. The zero-order chi connectivity index (χ0) is 11.4. The smallest absolute Gasteiger partial charge is 0.127 e. The maximum atomic E-state index is 9.13. The second-order valence-corrected chi connectivity index (χ2v) is 4.11. The van der Waals surface area contributed by atoms with E-state index in [4.69, 9.17) is 9.84 Å². The molecule has 0 aliphatic carbocycles. The molecule has 0 saturated carbocycles. The Labute approximate surface area is 108 Å². The van der Waals surface area contributed by atoms with Crippen LogP contribution in [0.15, 0.2) is 29.8 Å². The third-order valence-corrected chi connectivity index (χ3v) is 2.48. The van der Waals surface area contributed by atoms with Gasteiger partial charge < -0.3 is 15.2 Å². The van der Waals surface area contributed by atoms with Gasteiger partial charge in [-0.25, -0.2) is 0 Å². The number of para-hydroxylation sites is 1. The number of ether oxygens (including phenoxy) is 1. The van der Waals surface area contributed by atoms with Gasteiger partial charge in [0.05, 0.1) is 6.10 Å². The van der Waals surface area contributed by atoms with Crippen molar-refractivity contribution >= 4 is 18.5 Å². The summed E-state index contributed by atoms with van der Waals surface area (Å²) in [5, 5.41) is 12.3. The summed E-state index contributed by atoms with van der Waals surface area (Å²) in [4.78, 5) is 0. The first-order valence-corrected chi connectivity index (χ1v) is 5.56. The van der Waals surface area contributed by atoms with Gasteiger partial charge in [0.1, 0.15) is 12.4 Å². The number of benzene rings is 1. The van der Waals surface area contributed by atoms with Crippen molar-refractivity contribution in [3.8, 4) is 5.75 Å². The Morgan fingerprint density at radius 3 is 2.94 bits per heavy atom. The minimum Gasteiger partial charge on any atom is -0.489 e. The Balaban J connectivity index is 0.00000144. The van der Waals surface area contributed by atoms with Gasteiger partial charge in [-0.05, 0) is 24.6 Å². The molecule has 4 heteroatoms. The second-order valence-electron chi connectivity index (χ2n) is 4.11. The largest absolute Gasteiger partial charge is 0.489 e. The quantitative estimate of drug-likeness (QED) is 0.863. The van der Waals surface area contributed by atoms with Gasteiger partial charge in [0, 0.05) is 18.7 Å². The Morgan fingerprint density at radius 1 is 1.41 bits per heavy atom. The van der Waals surface area contributed by atoms with Crippen LogP contribution in [0.5, 0.6) is 5.75 Å². The number of aliphatic hydroxyl groups is 1. The highest BCUT2D eigenvalue weighted by Gasteiger charge is 2.10. The topological polar surface area (TPSA) is 41.5 Å². The van der Waals surface area contributed by atoms with Crippen LogP contribution in [0.25, 0.3) is 6.08 Å². The average Bonchev–Trinajstić information content (AvgIpc) is 2.28. The molecule has 2 N–H and O–H groups in total. The lowest BCUT2D eigenvalue weighted by Gasteiger charge is -2.18. The van der Waals surface area contributed by atoms with Crippen LogP contribution >= 0.6 is 12.4 Å². The van der Waals surface area contributed by atoms with Gasteiger partial charge in [0.25, 0.3) is 0 Å². The lowest BCUT2D eigenvalue weighted by atomic mass is 10.1. The number of aliphatic hydroxyl groups excluding tert-OH is 1. The third-order valence-electron chi connectivity index (χ3n) is 2.48. The first kappa shape index (κ1) is 14.0. The Morgan fingerprint density at radius 2 is 2.18 bits per heavy atom. The Bertz CT molecular complexity index is 391. The molecule has 2 rings (SSSR count). The van der Waals surface area contributed by atoms with Crippen molar-refractivity contribution in [1.82, 2.24) is 5.32 Å². The molecule has 0 aromatic heterocycles. The first-order chi connectivity index (χ1) is 7.75. The summed E-state index contributed by atoms with van der Waals surface area (Å²) in [6.45, 7) is 3.77. The van der Waals surface area contributed by atoms with E-state index in [9.17, 15) is 0 Å². The normalized spacial score (nSPS) is 15.1. The van der Waals surface area contributed by atoms with E-state index < -0.39 is 0 Å². The molecule has 0 amide bonds. The zero-order valence-electron chi connectivity index (χ0n) is 9.85. The fourth-order valence-corrected chi connectivity index (χ4v) is 1.71. The van der Waals surface area contributed by atoms with Crippen LogP contribution in [-0.4, -0.2) is 30.9 Å². The molecule has 0 fully saturated rings. The highest BCUT2D eigenvalue weighted by molar-refractivity contribution is 5.85. The number of hydrogen-bond donors (Lipinski definition) is 2. The minimum absolute atomic E-state index is 0. The molecule has 0 spiro atoms. The van der Waals surface area contributed by atoms with Crippen molar-refractivity contribution in [2.75, 3.05) is 19.7 Å². The molecule has 0 bridgehead atoms. The molecular weight excluding hydrogens is 238 g/mol. The molecule has 94 valence electrons. The Hall–Kier alpha value is -1.03. The van der Waals surface area contributed by atoms with Gasteiger partial charge in [-0.15, -0.1) is 12.4 Å². The van der Waals surface area contributed by atoms with E-state index in [2.05, 4.69) is 11.4 Å². The van der Waals surface area contributed by atoms with Crippen LogP contribution < -0.4 is 10.1 Å². The molecule has 1 aromatic rings.